The molecule has 0 N–H and O–H groups in total. The Morgan fingerprint density at radius 3 is 2.30 bits per heavy atom. The number of aromatic nitrogens is 1. The number of benzene rings is 3. The maximum absolute atomic E-state index is 13.7. The Labute approximate surface area is 198 Å². The summed E-state index contributed by atoms with van der Waals surface area (Å²) in [6.07, 6.45) is 0. The zero-order valence-corrected chi connectivity index (χ0v) is 20.3. The zero-order chi connectivity index (χ0) is 23.4. The lowest BCUT2D eigenvalue weighted by Crippen LogP contribution is -2.38. The minimum Gasteiger partial charge on any atom is -0.493 e. The average Bonchev–Trinajstić information content (AvgIpc) is 3.27. The lowest BCUT2D eigenvalue weighted by molar-refractivity contribution is 0.0984. The maximum atomic E-state index is 13.7. The summed E-state index contributed by atoms with van der Waals surface area (Å²) in [5.41, 5.74) is 1.44. The lowest BCUT2D eigenvalue weighted by Gasteiger charge is -2.24. The largest absolute Gasteiger partial charge is 0.493 e. The highest BCUT2D eigenvalue weighted by Crippen LogP contribution is 2.37. The van der Waals surface area contributed by atoms with Crippen LogP contribution in [0.4, 0.5) is 5.13 Å². The molecule has 0 aliphatic heterocycles. The second kappa shape index (κ2) is 10.2. The molecular formula is C26H29N3O3S. The highest BCUT2D eigenvalue weighted by molar-refractivity contribution is 7.22. The standard InChI is InChI=1S/C26H29N3O3S/c1-5-28(6-2)13-14-29(25(30)20-12-11-18-9-7-8-10-19(18)15-20)26-27-21-16-22(31-3)23(32-4)17-24(21)33-26/h7-12,15-17H,5-6,13-14H2,1-4H3. The number of carbonyl (C=O) groups excluding carboxylic acids is 1. The second-order valence-corrected chi connectivity index (χ2v) is 8.73. The molecule has 6 nitrogen and oxygen atoms in total. The van der Waals surface area contributed by atoms with Crippen LogP contribution in [-0.4, -0.2) is 56.2 Å². The van der Waals surface area contributed by atoms with E-state index in [1.165, 1.54) is 11.3 Å². The molecule has 0 spiro atoms. The Hall–Kier alpha value is -3.16. The highest BCUT2D eigenvalue weighted by atomic mass is 32.1. The van der Waals surface area contributed by atoms with E-state index in [4.69, 9.17) is 14.5 Å². The first-order chi connectivity index (χ1) is 16.1. The van der Waals surface area contributed by atoms with Crippen molar-refractivity contribution in [1.29, 1.82) is 0 Å². The fraction of sp³-hybridized carbons (Fsp3) is 0.308. The summed E-state index contributed by atoms with van der Waals surface area (Å²) in [4.78, 5) is 22.6. The van der Waals surface area contributed by atoms with Gasteiger partial charge in [-0.2, -0.15) is 0 Å². The van der Waals surface area contributed by atoms with Crippen LogP contribution in [0.5, 0.6) is 11.5 Å². The smallest absolute Gasteiger partial charge is 0.260 e. The molecule has 0 saturated carbocycles. The van der Waals surface area contributed by atoms with E-state index in [0.29, 0.717) is 28.7 Å². The number of thiazole rings is 1. The van der Waals surface area contributed by atoms with Crippen molar-refractivity contribution in [2.24, 2.45) is 0 Å². The van der Waals surface area contributed by atoms with Crippen LogP contribution in [0.25, 0.3) is 21.0 Å². The van der Waals surface area contributed by atoms with Crippen LogP contribution >= 0.6 is 11.3 Å². The third kappa shape index (κ3) is 4.79. The molecular weight excluding hydrogens is 434 g/mol. The minimum absolute atomic E-state index is 0.0501. The summed E-state index contributed by atoms with van der Waals surface area (Å²) >= 11 is 1.49. The number of methoxy groups -OCH3 is 2. The Bertz CT molecular complexity index is 1230. The number of hydrogen-bond acceptors (Lipinski definition) is 6. The molecule has 1 amide bonds. The Morgan fingerprint density at radius 2 is 1.61 bits per heavy atom. The topological polar surface area (TPSA) is 54.9 Å². The number of nitrogens with zero attached hydrogens (tertiary/aromatic N) is 3. The predicted molar refractivity (Wildman–Crippen MR) is 136 cm³/mol. The summed E-state index contributed by atoms with van der Waals surface area (Å²) in [6.45, 7) is 7.46. The summed E-state index contributed by atoms with van der Waals surface area (Å²) < 4.78 is 11.8. The van der Waals surface area contributed by atoms with Gasteiger partial charge in [0.05, 0.1) is 24.4 Å². The van der Waals surface area contributed by atoms with Crippen molar-refractivity contribution in [2.45, 2.75) is 13.8 Å². The lowest BCUT2D eigenvalue weighted by atomic mass is 10.1. The van der Waals surface area contributed by atoms with E-state index in [0.717, 1.165) is 40.6 Å². The Balaban J connectivity index is 1.74. The molecule has 7 heteroatoms. The van der Waals surface area contributed by atoms with E-state index >= 15 is 0 Å². The molecule has 0 bridgehead atoms. The molecule has 172 valence electrons. The van der Waals surface area contributed by atoms with Crippen molar-refractivity contribution in [1.82, 2.24) is 9.88 Å². The van der Waals surface area contributed by atoms with Gasteiger partial charge in [0.2, 0.25) is 0 Å². The van der Waals surface area contributed by atoms with Gasteiger partial charge in [-0.25, -0.2) is 4.98 Å². The minimum atomic E-state index is -0.0501. The first-order valence-corrected chi connectivity index (χ1v) is 11.9. The van der Waals surface area contributed by atoms with Crippen molar-refractivity contribution >= 4 is 43.4 Å². The van der Waals surface area contributed by atoms with E-state index in [9.17, 15) is 4.79 Å². The summed E-state index contributed by atoms with van der Waals surface area (Å²) in [5, 5.41) is 2.83. The molecule has 0 unspecified atom stereocenters. The quantitative estimate of drug-likeness (QED) is 0.330. The molecule has 4 aromatic rings. The van der Waals surface area contributed by atoms with Crippen LogP contribution in [-0.2, 0) is 0 Å². The van der Waals surface area contributed by atoms with Crippen LogP contribution in [0.15, 0.2) is 54.6 Å². The SMILES string of the molecule is CCN(CC)CCN(C(=O)c1ccc2ccccc2c1)c1nc2cc(OC)c(OC)cc2s1. The van der Waals surface area contributed by atoms with Gasteiger partial charge in [0, 0.05) is 30.8 Å². The van der Waals surface area contributed by atoms with Gasteiger partial charge in [-0.15, -0.1) is 0 Å². The average molecular weight is 464 g/mol. The summed E-state index contributed by atoms with van der Waals surface area (Å²) in [7, 11) is 3.22. The third-order valence-corrected chi connectivity index (χ3v) is 6.93. The number of carbonyl (C=O) groups is 1. The number of likely N-dealkylation sites (N-methyl/N-ethyl adjacent to an activating group) is 1. The summed E-state index contributed by atoms with van der Waals surface area (Å²) in [6, 6.07) is 17.7. The molecule has 0 radical (unpaired) electrons. The highest BCUT2D eigenvalue weighted by Gasteiger charge is 2.23. The van der Waals surface area contributed by atoms with Crippen LogP contribution in [0, 0.1) is 0 Å². The van der Waals surface area contributed by atoms with Crippen LogP contribution in [0.1, 0.15) is 24.2 Å². The zero-order valence-electron chi connectivity index (χ0n) is 19.5. The predicted octanol–water partition coefficient (Wildman–Crippen LogP) is 5.46. The van der Waals surface area contributed by atoms with Crippen molar-refractivity contribution in [3.05, 3.63) is 60.2 Å². The van der Waals surface area contributed by atoms with Gasteiger partial charge in [-0.1, -0.05) is 55.5 Å². The number of rotatable bonds is 9. The maximum Gasteiger partial charge on any atom is 0.260 e. The first-order valence-electron chi connectivity index (χ1n) is 11.1. The fourth-order valence-corrected chi connectivity index (χ4v) is 4.90. The second-order valence-electron chi connectivity index (χ2n) is 7.72. The molecule has 4 rings (SSSR count). The molecule has 3 aromatic carbocycles. The molecule has 0 aliphatic rings. The van der Waals surface area contributed by atoms with E-state index < -0.39 is 0 Å². The van der Waals surface area contributed by atoms with Crippen LogP contribution in [0.2, 0.25) is 0 Å². The Kier molecular flexibility index (Phi) is 7.11. The van der Waals surface area contributed by atoms with E-state index in [1.807, 2.05) is 48.5 Å². The van der Waals surface area contributed by atoms with Gasteiger partial charge in [0.1, 0.15) is 0 Å². The van der Waals surface area contributed by atoms with E-state index in [2.05, 4.69) is 24.8 Å². The fourth-order valence-electron chi connectivity index (χ4n) is 3.90. The Morgan fingerprint density at radius 1 is 0.909 bits per heavy atom. The molecule has 1 aromatic heterocycles. The molecule has 1 heterocycles. The molecule has 0 fully saturated rings. The normalized spacial score (nSPS) is 11.3. The van der Waals surface area contributed by atoms with E-state index in [-0.39, 0.29) is 5.91 Å². The van der Waals surface area contributed by atoms with E-state index in [1.54, 1.807) is 19.1 Å². The van der Waals surface area contributed by atoms with Crippen molar-refractivity contribution in [3.8, 4) is 11.5 Å². The van der Waals surface area contributed by atoms with Gasteiger partial charge in [0.15, 0.2) is 16.6 Å². The number of fused-ring (bicyclic) bond motifs is 2. The van der Waals surface area contributed by atoms with Gasteiger partial charge in [-0.3, -0.25) is 9.69 Å². The number of anilines is 1. The van der Waals surface area contributed by atoms with Gasteiger partial charge in [0.25, 0.3) is 5.91 Å². The number of ether oxygens (including phenoxy) is 2. The van der Waals surface area contributed by atoms with Gasteiger partial charge < -0.3 is 14.4 Å². The molecule has 0 aliphatic carbocycles. The summed E-state index contributed by atoms with van der Waals surface area (Å²) in [5.74, 6) is 1.22. The van der Waals surface area contributed by atoms with Crippen LogP contribution in [0.3, 0.4) is 0 Å². The molecule has 0 atom stereocenters. The van der Waals surface area contributed by atoms with Crippen molar-refractivity contribution in [3.63, 3.8) is 0 Å². The third-order valence-electron chi connectivity index (χ3n) is 5.89. The van der Waals surface area contributed by atoms with Crippen LogP contribution < -0.4 is 14.4 Å². The molecule has 33 heavy (non-hydrogen) atoms. The van der Waals surface area contributed by atoms with Gasteiger partial charge >= 0.3 is 0 Å². The monoisotopic (exact) mass is 463 g/mol. The van der Waals surface area contributed by atoms with Crippen molar-refractivity contribution in [2.75, 3.05) is 45.3 Å². The number of hydrogen-bond donors (Lipinski definition) is 0. The first kappa shape index (κ1) is 23.0. The van der Waals surface area contributed by atoms with Crippen molar-refractivity contribution < 1.29 is 14.3 Å². The molecule has 0 saturated heterocycles. The van der Waals surface area contributed by atoms with Gasteiger partial charge in [-0.05, 0) is 36.0 Å². The number of amides is 1.